The van der Waals surface area contributed by atoms with Gasteiger partial charge in [0.1, 0.15) is 5.75 Å². The number of rotatable bonds is 8. The molecule has 1 amide bonds. The highest BCUT2D eigenvalue weighted by molar-refractivity contribution is 5.76. The Morgan fingerprint density at radius 3 is 2.66 bits per heavy atom. The molecule has 0 unspecified atom stereocenters. The minimum absolute atomic E-state index is 0.0126. The summed E-state index contributed by atoms with van der Waals surface area (Å²) in [5.41, 5.74) is 2.24. The molecule has 0 aliphatic carbocycles. The Bertz CT molecular complexity index is 771. The molecule has 1 atom stereocenters. The van der Waals surface area contributed by atoms with Crippen LogP contribution in [0.2, 0.25) is 0 Å². The lowest BCUT2D eigenvalue weighted by atomic mass is 9.87. The van der Waals surface area contributed by atoms with Crippen molar-refractivity contribution in [3.63, 3.8) is 0 Å². The van der Waals surface area contributed by atoms with Crippen molar-refractivity contribution in [1.29, 1.82) is 0 Å². The number of benzene rings is 1. The van der Waals surface area contributed by atoms with Gasteiger partial charge in [-0.3, -0.25) is 14.7 Å². The van der Waals surface area contributed by atoms with E-state index in [2.05, 4.69) is 41.2 Å². The van der Waals surface area contributed by atoms with Gasteiger partial charge < -0.3 is 10.1 Å². The number of carbonyl (C=O) groups is 1. The van der Waals surface area contributed by atoms with Crippen LogP contribution in [0.5, 0.6) is 5.75 Å². The lowest BCUT2D eigenvalue weighted by Crippen LogP contribution is -2.41. The molecule has 1 saturated heterocycles. The minimum atomic E-state index is -0.0126. The van der Waals surface area contributed by atoms with Crippen molar-refractivity contribution in [3.05, 3.63) is 59.9 Å². The molecule has 0 spiro atoms. The third-order valence-electron chi connectivity index (χ3n) is 5.56. The molecule has 5 heteroatoms. The molecule has 1 aliphatic heterocycles. The van der Waals surface area contributed by atoms with Crippen LogP contribution in [0.25, 0.3) is 0 Å². The van der Waals surface area contributed by atoms with E-state index in [0.29, 0.717) is 18.3 Å². The third-order valence-corrected chi connectivity index (χ3v) is 5.56. The number of aromatic nitrogens is 1. The number of methoxy groups -OCH3 is 1. The highest BCUT2D eigenvalue weighted by Gasteiger charge is 2.29. The number of likely N-dealkylation sites (tertiary alicyclic amines) is 1. The van der Waals surface area contributed by atoms with Gasteiger partial charge in [0.05, 0.1) is 18.8 Å². The van der Waals surface area contributed by atoms with Gasteiger partial charge in [-0.15, -0.1) is 0 Å². The Morgan fingerprint density at radius 1 is 1.21 bits per heavy atom. The highest BCUT2D eigenvalue weighted by atomic mass is 16.5. The Hall–Kier alpha value is -2.40. The average Bonchev–Trinajstić information content (AvgIpc) is 2.73. The molecule has 3 rings (SSSR count). The highest BCUT2D eigenvalue weighted by Crippen LogP contribution is 2.31. The first kappa shape index (κ1) is 21.3. The number of amides is 1. The second-order valence-corrected chi connectivity index (χ2v) is 8.36. The monoisotopic (exact) mass is 395 g/mol. The summed E-state index contributed by atoms with van der Waals surface area (Å²) in [7, 11) is 1.70. The Balaban J connectivity index is 1.62. The summed E-state index contributed by atoms with van der Waals surface area (Å²) in [5.74, 6) is 1.78. The minimum Gasteiger partial charge on any atom is -0.497 e. The fraction of sp³-hybridized carbons (Fsp3) is 0.500. The van der Waals surface area contributed by atoms with Gasteiger partial charge in [-0.25, -0.2) is 0 Å². The van der Waals surface area contributed by atoms with E-state index in [1.807, 2.05) is 36.5 Å². The number of nitrogens with zero attached hydrogens (tertiary/aromatic N) is 2. The number of hydrogen-bond acceptors (Lipinski definition) is 4. The smallest absolute Gasteiger partial charge is 0.220 e. The summed E-state index contributed by atoms with van der Waals surface area (Å²) >= 11 is 0. The van der Waals surface area contributed by atoms with Crippen molar-refractivity contribution < 1.29 is 9.53 Å². The standard InChI is InChI=1S/C24H33N3O2/c1-18(2)15-23(28)26-24(22-9-4-5-12-25-22)20-10-13-27(14-11-20)17-19-7-6-8-21(16-19)29-3/h4-9,12,16,18,20,24H,10-11,13-15,17H2,1-3H3,(H,26,28)/t24-/m1/s1. The lowest BCUT2D eigenvalue weighted by molar-refractivity contribution is -0.123. The molecule has 1 N–H and O–H groups in total. The lowest BCUT2D eigenvalue weighted by Gasteiger charge is -2.36. The van der Waals surface area contributed by atoms with E-state index >= 15 is 0 Å². The van der Waals surface area contributed by atoms with E-state index < -0.39 is 0 Å². The van der Waals surface area contributed by atoms with Crippen LogP contribution in [-0.4, -0.2) is 36.0 Å². The van der Waals surface area contributed by atoms with Crippen molar-refractivity contribution in [3.8, 4) is 5.75 Å². The molecule has 1 aromatic heterocycles. The zero-order valence-corrected chi connectivity index (χ0v) is 17.8. The van der Waals surface area contributed by atoms with E-state index in [9.17, 15) is 4.79 Å². The molecular weight excluding hydrogens is 362 g/mol. The molecule has 1 aromatic carbocycles. The van der Waals surface area contributed by atoms with Gasteiger partial charge in [0.2, 0.25) is 5.91 Å². The van der Waals surface area contributed by atoms with E-state index in [1.165, 1.54) is 5.56 Å². The zero-order chi connectivity index (χ0) is 20.6. The van der Waals surface area contributed by atoms with Crippen LogP contribution in [-0.2, 0) is 11.3 Å². The van der Waals surface area contributed by atoms with Gasteiger partial charge in [-0.05, 0) is 67.6 Å². The quantitative estimate of drug-likeness (QED) is 0.728. The van der Waals surface area contributed by atoms with E-state index in [4.69, 9.17) is 4.74 Å². The topological polar surface area (TPSA) is 54.5 Å². The van der Waals surface area contributed by atoms with E-state index in [1.54, 1.807) is 7.11 Å². The molecule has 29 heavy (non-hydrogen) atoms. The molecule has 0 bridgehead atoms. The van der Waals surface area contributed by atoms with Crippen LogP contribution in [0.15, 0.2) is 48.7 Å². The summed E-state index contributed by atoms with van der Waals surface area (Å²) in [4.78, 5) is 19.5. The maximum absolute atomic E-state index is 12.5. The van der Waals surface area contributed by atoms with Gasteiger partial charge in [-0.1, -0.05) is 32.0 Å². The largest absolute Gasteiger partial charge is 0.497 e. The number of nitrogens with one attached hydrogen (secondary N) is 1. The molecule has 156 valence electrons. The zero-order valence-electron chi connectivity index (χ0n) is 17.8. The van der Waals surface area contributed by atoms with Crippen molar-refractivity contribution in [2.75, 3.05) is 20.2 Å². The Morgan fingerprint density at radius 2 is 2.00 bits per heavy atom. The summed E-state index contributed by atoms with van der Waals surface area (Å²) < 4.78 is 5.34. The van der Waals surface area contributed by atoms with Crippen LogP contribution < -0.4 is 10.1 Å². The van der Waals surface area contributed by atoms with Crippen LogP contribution in [0, 0.1) is 11.8 Å². The number of piperidine rings is 1. The maximum Gasteiger partial charge on any atom is 0.220 e. The van der Waals surface area contributed by atoms with Crippen LogP contribution in [0.4, 0.5) is 0 Å². The summed E-state index contributed by atoms with van der Waals surface area (Å²) in [5, 5.41) is 3.28. The number of ether oxygens (including phenoxy) is 1. The van der Waals surface area contributed by atoms with Gasteiger partial charge in [0.25, 0.3) is 0 Å². The number of pyridine rings is 1. The number of carbonyl (C=O) groups excluding carboxylic acids is 1. The van der Waals surface area contributed by atoms with Gasteiger partial charge in [0.15, 0.2) is 0 Å². The Labute approximate surface area is 174 Å². The molecule has 1 fully saturated rings. The van der Waals surface area contributed by atoms with Crippen molar-refractivity contribution >= 4 is 5.91 Å². The normalized spacial score (nSPS) is 16.6. The predicted octanol–water partition coefficient (Wildman–Crippen LogP) is 4.21. The molecule has 2 heterocycles. The SMILES string of the molecule is COc1cccc(CN2CCC([C@@H](NC(=O)CC(C)C)c3ccccn3)CC2)c1. The summed E-state index contributed by atoms with van der Waals surface area (Å²) in [6.07, 6.45) is 4.47. The molecule has 2 aromatic rings. The van der Waals surface area contributed by atoms with Crippen molar-refractivity contribution in [2.45, 2.75) is 45.7 Å². The summed E-state index contributed by atoms with van der Waals surface area (Å²) in [6.45, 7) is 7.12. The van der Waals surface area contributed by atoms with E-state index in [0.717, 1.165) is 43.9 Å². The first-order valence-electron chi connectivity index (χ1n) is 10.6. The van der Waals surface area contributed by atoms with Crippen molar-refractivity contribution in [2.24, 2.45) is 11.8 Å². The van der Waals surface area contributed by atoms with Gasteiger partial charge in [-0.2, -0.15) is 0 Å². The summed E-state index contributed by atoms with van der Waals surface area (Å²) in [6, 6.07) is 14.2. The second kappa shape index (κ2) is 10.4. The van der Waals surface area contributed by atoms with Gasteiger partial charge in [0, 0.05) is 19.2 Å². The fourth-order valence-electron chi connectivity index (χ4n) is 4.07. The van der Waals surface area contributed by atoms with Crippen molar-refractivity contribution in [1.82, 2.24) is 15.2 Å². The van der Waals surface area contributed by atoms with Crippen LogP contribution in [0.1, 0.15) is 50.4 Å². The predicted molar refractivity (Wildman–Crippen MR) is 116 cm³/mol. The van der Waals surface area contributed by atoms with Crippen LogP contribution >= 0.6 is 0 Å². The molecule has 0 saturated carbocycles. The molecule has 5 nitrogen and oxygen atoms in total. The third kappa shape index (κ3) is 6.29. The Kier molecular flexibility index (Phi) is 7.64. The molecule has 1 aliphatic rings. The molecular formula is C24H33N3O2. The average molecular weight is 396 g/mol. The second-order valence-electron chi connectivity index (χ2n) is 8.36. The van der Waals surface area contributed by atoms with E-state index in [-0.39, 0.29) is 11.9 Å². The fourth-order valence-corrected chi connectivity index (χ4v) is 4.07. The number of hydrogen-bond donors (Lipinski definition) is 1. The first-order chi connectivity index (χ1) is 14.0. The maximum atomic E-state index is 12.5. The molecule has 0 radical (unpaired) electrons. The first-order valence-corrected chi connectivity index (χ1v) is 10.6. The van der Waals surface area contributed by atoms with Crippen LogP contribution in [0.3, 0.4) is 0 Å². The van der Waals surface area contributed by atoms with Gasteiger partial charge >= 0.3 is 0 Å².